The molecule has 0 fully saturated rings. The highest BCUT2D eigenvalue weighted by molar-refractivity contribution is 7.13. The molecular formula is C19H16F3N3OS. The van der Waals surface area contributed by atoms with Gasteiger partial charge in [-0.25, -0.2) is 4.98 Å². The minimum Gasteiger partial charge on any atom is -0.489 e. The number of hydrogen-bond acceptors (Lipinski definition) is 5. The lowest BCUT2D eigenvalue weighted by molar-refractivity contribution is -0.137. The van der Waals surface area contributed by atoms with E-state index in [1.54, 1.807) is 36.5 Å². The largest absolute Gasteiger partial charge is 0.489 e. The molecule has 27 heavy (non-hydrogen) atoms. The van der Waals surface area contributed by atoms with Crippen LogP contribution in [-0.4, -0.2) is 11.2 Å². The maximum Gasteiger partial charge on any atom is 0.416 e. The van der Waals surface area contributed by atoms with Crippen LogP contribution in [0.4, 0.5) is 18.3 Å². The molecule has 0 radical (unpaired) electrons. The van der Waals surface area contributed by atoms with Crippen molar-refractivity contribution in [3.05, 3.63) is 76.3 Å². The van der Waals surface area contributed by atoms with E-state index in [4.69, 9.17) is 4.74 Å². The number of rotatable bonds is 6. The van der Waals surface area contributed by atoms with Gasteiger partial charge in [-0.2, -0.15) is 18.3 Å². The number of nitrogens with zero attached hydrogens (tertiary/aromatic N) is 2. The molecule has 3 rings (SSSR count). The number of aryl methyl sites for hydroxylation is 1. The van der Waals surface area contributed by atoms with E-state index in [1.807, 2.05) is 12.3 Å². The van der Waals surface area contributed by atoms with Crippen LogP contribution in [0.15, 0.2) is 59.0 Å². The molecule has 0 aliphatic carbocycles. The summed E-state index contributed by atoms with van der Waals surface area (Å²) in [6.45, 7) is 1.96. The molecule has 0 atom stereocenters. The van der Waals surface area contributed by atoms with Crippen LogP contribution in [0.25, 0.3) is 0 Å². The predicted octanol–water partition coefficient (Wildman–Crippen LogP) is 5.50. The van der Waals surface area contributed by atoms with E-state index in [9.17, 15) is 13.2 Å². The Bertz CT molecular complexity index is 920. The van der Waals surface area contributed by atoms with Gasteiger partial charge < -0.3 is 4.74 Å². The van der Waals surface area contributed by atoms with E-state index in [0.29, 0.717) is 16.4 Å². The monoisotopic (exact) mass is 391 g/mol. The van der Waals surface area contributed by atoms with Crippen LogP contribution in [0, 0.1) is 6.92 Å². The van der Waals surface area contributed by atoms with Crippen molar-refractivity contribution in [2.45, 2.75) is 19.7 Å². The topological polar surface area (TPSA) is 46.5 Å². The van der Waals surface area contributed by atoms with Crippen molar-refractivity contribution in [3.63, 3.8) is 0 Å². The first-order valence-corrected chi connectivity index (χ1v) is 8.88. The molecule has 2 aromatic carbocycles. The summed E-state index contributed by atoms with van der Waals surface area (Å²) in [5, 5.41) is 6.74. The third-order valence-corrected chi connectivity index (χ3v) is 4.40. The van der Waals surface area contributed by atoms with Crippen LogP contribution >= 0.6 is 11.3 Å². The molecular weight excluding hydrogens is 375 g/mol. The van der Waals surface area contributed by atoms with Crippen molar-refractivity contribution in [3.8, 4) is 5.75 Å². The number of hydrogen-bond donors (Lipinski definition) is 1. The lowest BCUT2D eigenvalue weighted by Crippen LogP contribution is -2.06. The second-order valence-electron chi connectivity index (χ2n) is 5.72. The zero-order valence-electron chi connectivity index (χ0n) is 14.3. The minimum absolute atomic E-state index is 0.0578. The van der Waals surface area contributed by atoms with Gasteiger partial charge in [0.2, 0.25) is 5.13 Å². The van der Waals surface area contributed by atoms with Gasteiger partial charge >= 0.3 is 6.18 Å². The molecule has 0 bridgehead atoms. The van der Waals surface area contributed by atoms with Crippen LogP contribution in [0.2, 0.25) is 0 Å². The van der Waals surface area contributed by atoms with Crippen molar-refractivity contribution >= 4 is 22.7 Å². The average molecular weight is 391 g/mol. The second-order valence-corrected chi connectivity index (χ2v) is 6.58. The molecule has 8 heteroatoms. The van der Waals surface area contributed by atoms with E-state index in [-0.39, 0.29) is 6.61 Å². The summed E-state index contributed by atoms with van der Waals surface area (Å²) in [4.78, 5) is 4.23. The maximum atomic E-state index is 12.7. The SMILES string of the molecule is Cc1csc(NN=Cc2ccc(OCc3cccc(C(F)(F)F)c3)cc2)n1. The Kier molecular flexibility index (Phi) is 5.75. The number of aromatic nitrogens is 1. The van der Waals surface area contributed by atoms with Gasteiger partial charge in [0.05, 0.1) is 17.5 Å². The Morgan fingerprint density at radius 1 is 1.19 bits per heavy atom. The van der Waals surface area contributed by atoms with E-state index in [0.717, 1.165) is 23.4 Å². The third-order valence-electron chi connectivity index (χ3n) is 3.53. The number of nitrogens with one attached hydrogen (secondary N) is 1. The molecule has 1 aromatic heterocycles. The van der Waals surface area contributed by atoms with Gasteiger partial charge in [-0.05, 0) is 54.4 Å². The fourth-order valence-corrected chi connectivity index (χ4v) is 2.86. The predicted molar refractivity (Wildman–Crippen MR) is 100 cm³/mol. The summed E-state index contributed by atoms with van der Waals surface area (Å²) < 4.78 is 43.7. The van der Waals surface area contributed by atoms with E-state index >= 15 is 0 Å². The minimum atomic E-state index is -4.36. The average Bonchev–Trinajstić information content (AvgIpc) is 3.06. The van der Waals surface area contributed by atoms with Crippen molar-refractivity contribution in [1.82, 2.24) is 4.98 Å². The lowest BCUT2D eigenvalue weighted by Gasteiger charge is -2.10. The molecule has 0 aliphatic rings. The molecule has 0 unspecified atom stereocenters. The van der Waals surface area contributed by atoms with Gasteiger partial charge in [0.1, 0.15) is 12.4 Å². The normalized spacial score (nSPS) is 11.7. The van der Waals surface area contributed by atoms with E-state index in [2.05, 4.69) is 15.5 Å². The number of anilines is 1. The molecule has 3 aromatic rings. The van der Waals surface area contributed by atoms with E-state index < -0.39 is 11.7 Å². The first kappa shape index (κ1) is 18.9. The highest BCUT2D eigenvalue weighted by atomic mass is 32.1. The van der Waals surface area contributed by atoms with Gasteiger partial charge in [0.25, 0.3) is 0 Å². The molecule has 0 saturated heterocycles. The zero-order valence-corrected chi connectivity index (χ0v) is 15.1. The molecule has 0 spiro atoms. The molecule has 1 N–H and O–H groups in total. The van der Waals surface area contributed by atoms with Crippen LogP contribution in [0.5, 0.6) is 5.75 Å². The van der Waals surface area contributed by atoms with Crippen LogP contribution in [0.1, 0.15) is 22.4 Å². The highest BCUT2D eigenvalue weighted by Gasteiger charge is 2.30. The number of ether oxygens (including phenoxy) is 1. The van der Waals surface area contributed by atoms with Gasteiger partial charge in [0.15, 0.2) is 0 Å². The highest BCUT2D eigenvalue weighted by Crippen LogP contribution is 2.29. The number of halogens is 3. The molecule has 4 nitrogen and oxygen atoms in total. The summed E-state index contributed by atoms with van der Waals surface area (Å²) in [6.07, 6.45) is -2.71. The van der Waals surface area contributed by atoms with Gasteiger partial charge in [-0.3, -0.25) is 5.43 Å². The van der Waals surface area contributed by atoms with Crippen molar-refractivity contribution < 1.29 is 17.9 Å². The Morgan fingerprint density at radius 2 is 1.96 bits per heavy atom. The van der Waals surface area contributed by atoms with Crippen LogP contribution < -0.4 is 10.2 Å². The molecule has 0 amide bonds. The molecule has 140 valence electrons. The molecule has 0 aliphatic heterocycles. The lowest BCUT2D eigenvalue weighted by atomic mass is 10.1. The molecule has 1 heterocycles. The summed E-state index contributed by atoms with van der Waals surface area (Å²) >= 11 is 1.47. The Labute approximate surface area is 158 Å². The fraction of sp³-hybridized carbons (Fsp3) is 0.158. The standard InChI is InChI=1S/C19H16F3N3OS/c1-13-12-27-18(24-13)25-23-10-14-5-7-17(8-6-14)26-11-15-3-2-4-16(9-15)19(20,21)22/h2-10,12H,11H2,1H3,(H,24,25). The zero-order chi connectivity index (χ0) is 19.3. The van der Waals surface area contributed by atoms with Gasteiger partial charge in [0, 0.05) is 5.38 Å². The van der Waals surface area contributed by atoms with Crippen LogP contribution in [0.3, 0.4) is 0 Å². The fourth-order valence-electron chi connectivity index (χ4n) is 2.22. The first-order valence-electron chi connectivity index (χ1n) is 8.00. The Morgan fingerprint density at radius 3 is 2.63 bits per heavy atom. The van der Waals surface area contributed by atoms with Crippen molar-refractivity contribution in [2.24, 2.45) is 5.10 Å². The maximum absolute atomic E-state index is 12.7. The number of thiazole rings is 1. The van der Waals surface area contributed by atoms with Crippen molar-refractivity contribution in [1.29, 1.82) is 0 Å². The second kappa shape index (κ2) is 8.22. The summed E-state index contributed by atoms with van der Waals surface area (Å²) in [7, 11) is 0. The Hall–Kier alpha value is -2.87. The summed E-state index contributed by atoms with van der Waals surface area (Å²) in [5.41, 5.74) is 4.40. The third kappa shape index (κ3) is 5.55. The van der Waals surface area contributed by atoms with Crippen LogP contribution in [-0.2, 0) is 12.8 Å². The Balaban J connectivity index is 1.55. The first-order chi connectivity index (χ1) is 12.9. The van der Waals surface area contributed by atoms with Gasteiger partial charge in [-0.15, -0.1) is 11.3 Å². The summed E-state index contributed by atoms with van der Waals surface area (Å²) in [5.74, 6) is 0.563. The number of benzene rings is 2. The van der Waals surface area contributed by atoms with Gasteiger partial charge in [-0.1, -0.05) is 12.1 Å². The summed E-state index contributed by atoms with van der Waals surface area (Å²) in [6, 6.07) is 12.2. The number of hydrazone groups is 1. The smallest absolute Gasteiger partial charge is 0.416 e. The quantitative estimate of drug-likeness (QED) is 0.446. The number of alkyl halides is 3. The molecule has 0 saturated carbocycles. The van der Waals surface area contributed by atoms with Crippen molar-refractivity contribution in [2.75, 3.05) is 5.43 Å². The van der Waals surface area contributed by atoms with E-state index in [1.165, 1.54) is 17.4 Å².